The highest BCUT2D eigenvalue weighted by molar-refractivity contribution is 7.75. The van der Waals surface area contributed by atoms with Crippen LogP contribution in [-0.2, 0) is 4.18 Å². The van der Waals surface area contributed by atoms with Gasteiger partial charge in [-0.3, -0.25) is 0 Å². The van der Waals surface area contributed by atoms with Gasteiger partial charge in [0.05, 0.1) is 0 Å². The van der Waals surface area contributed by atoms with Gasteiger partial charge in [0.15, 0.2) is 5.34 Å². The Morgan fingerprint density at radius 2 is 1.88 bits per heavy atom. The summed E-state index contributed by atoms with van der Waals surface area (Å²) < 4.78 is 3.36. The maximum Gasteiger partial charge on any atom is 0.518 e. The monoisotopic (exact) mass is 141 g/mol. The minimum absolute atomic E-state index is 1.25. The van der Waals surface area contributed by atoms with Crippen molar-refractivity contribution in [3.63, 3.8) is 0 Å². The van der Waals surface area contributed by atoms with E-state index < -0.39 is 6.16 Å². The molecule has 0 aliphatic rings. The van der Waals surface area contributed by atoms with E-state index in [2.05, 4.69) is 17.1 Å². The molecule has 0 spiro atoms. The summed E-state index contributed by atoms with van der Waals surface area (Å²) in [6, 6.07) is 0. The van der Waals surface area contributed by atoms with Crippen molar-refractivity contribution >= 4 is 19.1 Å². The van der Waals surface area contributed by atoms with Gasteiger partial charge >= 0.3 is 6.16 Å². The smallest absolute Gasteiger partial charge is 0.449 e. The summed E-state index contributed by atoms with van der Waals surface area (Å²) in [6.45, 7) is 0. The van der Waals surface area contributed by atoms with Gasteiger partial charge < -0.3 is 14.5 Å². The first-order valence-corrected chi connectivity index (χ1v) is 1.56. The van der Waals surface area contributed by atoms with Gasteiger partial charge in [-0.05, 0) is 0 Å². The van der Waals surface area contributed by atoms with E-state index in [9.17, 15) is 0 Å². The highest BCUT2D eigenvalue weighted by atomic mass is 32.1. The Balaban J connectivity index is 0. The minimum atomic E-state index is -1.38. The van der Waals surface area contributed by atoms with E-state index in [1.807, 2.05) is 0 Å². The molecule has 0 aliphatic heterocycles. The van der Waals surface area contributed by atoms with Crippen molar-refractivity contribution in [2.75, 3.05) is 0 Å². The highest BCUT2D eigenvalue weighted by Crippen LogP contribution is 1.74. The van der Waals surface area contributed by atoms with Crippen LogP contribution in [0.3, 0.4) is 0 Å². The molecule has 0 heterocycles. The zero-order chi connectivity index (χ0) is 6.99. The van der Waals surface area contributed by atoms with E-state index >= 15 is 0 Å². The first kappa shape index (κ1) is 10.1. The molecule has 0 saturated heterocycles. The second kappa shape index (κ2) is 9.39. The second-order valence-corrected chi connectivity index (χ2v) is 0.621. The van der Waals surface area contributed by atoms with Gasteiger partial charge in [0, 0.05) is 12.9 Å². The maximum atomic E-state index is 9.07. The Kier molecular flexibility index (Phi) is 11.8. The standard InChI is InChI=1S/CH2O3S.HNO2/c2-1(3)4-5;2-1-3/h5H,(H,2,3);(H,2,3). The molecule has 0 rings (SSSR count). The van der Waals surface area contributed by atoms with Crippen molar-refractivity contribution in [2.45, 2.75) is 0 Å². The lowest BCUT2D eigenvalue weighted by molar-refractivity contribution is 0.154. The molecule has 48 valence electrons. The number of carboxylic acid groups (broad SMARTS) is 1. The van der Waals surface area contributed by atoms with E-state index in [1.165, 1.54) is 5.34 Å². The number of nitrogens with zero attached hydrogens (tertiary/aromatic N) is 1. The second-order valence-electron chi connectivity index (χ2n) is 0.439. The molecule has 0 aromatic rings. The van der Waals surface area contributed by atoms with Crippen LogP contribution < -0.4 is 0 Å². The van der Waals surface area contributed by atoms with Crippen molar-refractivity contribution in [3.8, 4) is 0 Å². The minimum Gasteiger partial charge on any atom is -0.449 e. The molecule has 0 unspecified atom stereocenters. The van der Waals surface area contributed by atoms with E-state index in [-0.39, 0.29) is 0 Å². The van der Waals surface area contributed by atoms with Gasteiger partial charge in [-0.1, -0.05) is 0 Å². The van der Waals surface area contributed by atoms with Gasteiger partial charge in [-0.2, -0.15) is 0 Å². The normalized spacial score (nSPS) is 5.62. The van der Waals surface area contributed by atoms with Gasteiger partial charge in [0.2, 0.25) is 0 Å². The van der Waals surface area contributed by atoms with Crippen LogP contribution in [0.2, 0.25) is 0 Å². The van der Waals surface area contributed by atoms with Crippen molar-refractivity contribution < 1.29 is 19.3 Å². The first-order chi connectivity index (χ1) is 3.68. The van der Waals surface area contributed by atoms with Gasteiger partial charge in [-0.25, -0.2) is 4.79 Å². The number of rotatable bonds is 0. The van der Waals surface area contributed by atoms with Crippen LogP contribution >= 0.6 is 12.9 Å². The number of thiol groups is 1. The molecule has 6 nitrogen and oxygen atoms in total. The molecule has 8 heavy (non-hydrogen) atoms. The Hall–Kier alpha value is -0.980. The molecule has 0 aromatic carbocycles. The average Bonchev–Trinajstić information content (AvgIpc) is 1.69. The van der Waals surface area contributed by atoms with E-state index in [4.69, 9.17) is 20.0 Å². The lowest BCUT2D eigenvalue weighted by atomic mass is 11.5. The van der Waals surface area contributed by atoms with Crippen LogP contribution in [0, 0.1) is 4.91 Å². The number of hydrogen-bond acceptors (Lipinski definition) is 5. The number of hydrogen-bond donors (Lipinski definition) is 3. The zero-order valence-electron chi connectivity index (χ0n) is 3.51. The zero-order valence-corrected chi connectivity index (χ0v) is 4.41. The third-order valence-electron chi connectivity index (χ3n) is 0.0781. The SMILES string of the molecule is O=C(O)OS.O=NO. The summed E-state index contributed by atoms with van der Waals surface area (Å²) in [7, 11) is 0. The van der Waals surface area contributed by atoms with Gasteiger partial charge in [-0.15, -0.1) is 4.91 Å². The summed E-state index contributed by atoms with van der Waals surface area (Å²) >= 11 is 2.92. The largest absolute Gasteiger partial charge is 0.518 e. The average molecular weight is 141 g/mol. The summed E-state index contributed by atoms with van der Waals surface area (Å²) in [5.74, 6) is 0. The number of carbonyl (C=O) groups is 1. The Bertz CT molecular complexity index is 72.8. The fourth-order valence-corrected chi connectivity index (χ4v) is 0. The maximum absolute atomic E-state index is 9.07. The lowest BCUT2D eigenvalue weighted by Crippen LogP contribution is -1.85. The fourth-order valence-electron chi connectivity index (χ4n) is 0. The van der Waals surface area contributed by atoms with Crippen LogP contribution in [0.5, 0.6) is 0 Å². The van der Waals surface area contributed by atoms with Crippen LogP contribution in [-0.4, -0.2) is 16.5 Å². The predicted octanol–water partition coefficient (Wildman–Crippen LogP) is 0.668. The summed E-state index contributed by atoms with van der Waals surface area (Å²) in [5.41, 5.74) is 0. The molecule has 0 fully saturated rings. The predicted molar refractivity (Wildman–Crippen MR) is 25.7 cm³/mol. The Morgan fingerprint density at radius 3 is 1.88 bits per heavy atom. The van der Waals surface area contributed by atoms with Crippen molar-refractivity contribution in [1.82, 2.24) is 0 Å². The third kappa shape index (κ3) is 78.0. The topological polar surface area (TPSA) is 96.2 Å². The third-order valence-corrected chi connectivity index (χ3v) is 0.234. The summed E-state index contributed by atoms with van der Waals surface area (Å²) in [6.07, 6.45) is -1.38. The van der Waals surface area contributed by atoms with Crippen LogP contribution in [0.1, 0.15) is 0 Å². The van der Waals surface area contributed by atoms with E-state index in [0.29, 0.717) is 0 Å². The highest BCUT2D eigenvalue weighted by Gasteiger charge is 1.82. The molecule has 0 saturated carbocycles. The van der Waals surface area contributed by atoms with E-state index in [0.717, 1.165) is 0 Å². The molecule has 0 atom stereocenters. The molecule has 0 aliphatic carbocycles. The fraction of sp³-hybridized carbons (Fsp3) is 0. The molecular weight excluding hydrogens is 138 g/mol. The summed E-state index contributed by atoms with van der Waals surface area (Å²) in [4.78, 5) is 17.2. The summed E-state index contributed by atoms with van der Waals surface area (Å²) in [5, 5.41) is 15.3. The van der Waals surface area contributed by atoms with Crippen molar-refractivity contribution in [2.24, 2.45) is 5.34 Å². The van der Waals surface area contributed by atoms with Crippen LogP contribution in [0.4, 0.5) is 4.79 Å². The molecule has 0 radical (unpaired) electrons. The molecule has 0 aromatic heterocycles. The van der Waals surface area contributed by atoms with Crippen LogP contribution in [0.25, 0.3) is 0 Å². The Labute approximate surface area is 49.6 Å². The van der Waals surface area contributed by atoms with Crippen molar-refractivity contribution in [1.29, 1.82) is 0 Å². The molecule has 7 heteroatoms. The van der Waals surface area contributed by atoms with Gasteiger partial charge in [0.1, 0.15) is 0 Å². The first-order valence-electron chi connectivity index (χ1n) is 1.20. The van der Waals surface area contributed by atoms with Gasteiger partial charge in [0.25, 0.3) is 0 Å². The van der Waals surface area contributed by atoms with Crippen molar-refractivity contribution in [3.05, 3.63) is 4.91 Å². The van der Waals surface area contributed by atoms with E-state index in [1.54, 1.807) is 0 Å². The lowest BCUT2D eigenvalue weighted by Gasteiger charge is -1.76. The molecule has 2 N–H and O–H groups in total. The quantitative estimate of drug-likeness (QED) is 0.199. The molecule has 0 bridgehead atoms. The Morgan fingerprint density at radius 1 is 1.75 bits per heavy atom. The molecular formula is CH3NO5S. The molecule has 0 amide bonds. The van der Waals surface area contributed by atoms with Crippen LogP contribution in [0.15, 0.2) is 5.34 Å².